The molecule has 0 radical (unpaired) electrons. The monoisotopic (exact) mass is 500 g/mol. The molecule has 2 saturated heterocycles. The summed E-state index contributed by atoms with van der Waals surface area (Å²) in [4.78, 5) is 25.5. The lowest BCUT2D eigenvalue weighted by Crippen LogP contribution is -2.42. The van der Waals surface area contributed by atoms with Gasteiger partial charge in [-0.15, -0.1) is 6.42 Å². The molecular weight excluding hydrogens is 476 g/mol. The van der Waals surface area contributed by atoms with Gasteiger partial charge in [0.05, 0.1) is 11.1 Å². The van der Waals surface area contributed by atoms with Gasteiger partial charge in [-0.2, -0.15) is 0 Å². The number of ether oxygens (including phenoxy) is 6. The number of hydrogen-bond acceptors (Lipinski definition) is 8. The van der Waals surface area contributed by atoms with Crippen molar-refractivity contribution < 1.29 is 38.0 Å². The van der Waals surface area contributed by atoms with E-state index >= 15 is 0 Å². The number of benzene rings is 3. The summed E-state index contributed by atoms with van der Waals surface area (Å²) in [6.45, 7) is -0.287. The zero-order valence-corrected chi connectivity index (χ0v) is 19.7. The average Bonchev–Trinajstić information content (AvgIpc) is 3.47. The molecule has 0 aliphatic carbocycles. The molecule has 0 amide bonds. The second kappa shape index (κ2) is 10.9. The van der Waals surface area contributed by atoms with Crippen molar-refractivity contribution >= 4 is 11.9 Å². The third-order valence-corrected chi connectivity index (χ3v) is 5.94. The summed E-state index contributed by atoms with van der Waals surface area (Å²) in [5.74, 6) is -0.368. The van der Waals surface area contributed by atoms with Crippen LogP contribution in [0.4, 0.5) is 0 Å². The fourth-order valence-electron chi connectivity index (χ4n) is 4.20. The van der Waals surface area contributed by atoms with E-state index in [0.717, 1.165) is 0 Å². The first-order valence-corrected chi connectivity index (χ1v) is 11.7. The van der Waals surface area contributed by atoms with E-state index in [1.54, 1.807) is 84.9 Å². The van der Waals surface area contributed by atoms with Crippen molar-refractivity contribution in [2.75, 3.05) is 13.2 Å². The summed E-state index contributed by atoms with van der Waals surface area (Å²) < 4.78 is 35.5. The van der Waals surface area contributed by atoms with Crippen LogP contribution in [0.25, 0.3) is 0 Å². The highest BCUT2D eigenvalue weighted by molar-refractivity contribution is 5.90. The molecule has 0 bridgehead atoms. The van der Waals surface area contributed by atoms with Gasteiger partial charge in [-0.05, 0) is 24.3 Å². The Hall–Kier alpha value is -4.00. The van der Waals surface area contributed by atoms with Crippen molar-refractivity contribution in [3.8, 4) is 12.3 Å². The molecule has 8 nitrogen and oxygen atoms in total. The van der Waals surface area contributed by atoms with Crippen molar-refractivity contribution in [3.05, 3.63) is 108 Å². The first-order chi connectivity index (χ1) is 18.1. The number of carbonyl (C=O) groups excluding carboxylic acids is 2. The van der Waals surface area contributed by atoms with Gasteiger partial charge < -0.3 is 23.7 Å². The van der Waals surface area contributed by atoms with Gasteiger partial charge in [-0.1, -0.05) is 72.7 Å². The zero-order valence-electron chi connectivity index (χ0n) is 19.7. The van der Waals surface area contributed by atoms with Crippen LogP contribution in [0.2, 0.25) is 0 Å². The van der Waals surface area contributed by atoms with Crippen molar-refractivity contribution in [1.29, 1.82) is 0 Å². The smallest absolute Gasteiger partial charge is 0.338 e. The maximum absolute atomic E-state index is 13.0. The Kier molecular flexibility index (Phi) is 7.30. The van der Waals surface area contributed by atoms with Crippen LogP contribution in [-0.2, 0) is 34.4 Å². The highest BCUT2D eigenvalue weighted by Gasteiger charge is 2.61. The minimum absolute atomic E-state index is 0.0963. The Balaban J connectivity index is 1.38. The number of terminal acetylenes is 1. The Morgan fingerprint density at radius 2 is 1.43 bits per heavy atom. The number of esters is 2. The van der Waals surface area contributed by atoms with Crippen LogP contribution in [0.1, 0.15) is 26.3 Å². The molecule has 2 aliphatic rings. The average molecular weight is 501 g/mol. The topological polar surface area (TPSA) is 89.5 Å². The molecule has 2 aliphatic heterocycles. The predicted octanol–water partition coefficient (Wildman–Crippen LogP) is 3.67. The Labute approximate surface area is 214 Å². The van der Waals surface area contributed by atoms with Crippen LogP contribution in [0.5, 0.6) is 0 Å². The second-order valence-corrected chi connectivity index (χ2v) is 8.36. The van der Waals surface area contributed by atoms with Gasteiger partial charge >= 0.3 is 17.9 Å². The van der Waals surface area contributed by atoms with Gasteiger partial charge in [0.25, 0.3) is 0 Å². The van der Waals surface area contributed by atoms with E-state index in [-0.39, 0.29) is 13.2 Å². The molecule has 2 fully saturated rings. The summed E-state index contributed by atoms with van der Waals surface area (Å²) in [7, 11) is 0. The fourth-order valence-corrected chi connectivity index (χ4v) is 4.20. The van der Waals surface area contributed by atoms with Gasteiger partial charge in [0.1, 0.15) is 19.3 Å². The second-order valence-electron chi connectivity index (χ2n) is 8.36. The molecule has 0 saturated carbocycles. The van der Waals surface area contributed by atoms with E-state index in [1.807, 2.05) is 6.07 Å². The van der Waals surface area contributed by atoms with Crippen LogP contribution >= 0.6 is 0 Å². The van der Waals surface area contributed by atoms with E-state index in [0.29, 0.717) is 16.7 Å². The Morgan fingerprint density at radius 3 is 2.05 bits per heavy atom. The molecule has 0 N–H and O–H groups in total. The normalized spacial score (nSPS) is 26.1. The molecule has 8 heteroatoms. The van der Waals surface area contributed by atoms with Crippen LogP contribution in [0, 0.1) is 12.3 Å². The summed E-state index contributed by atoms with van der Waals surface area (Å²) in [6.07, 6.45) is 1.74. The predicted molar refractivity (Wildman–Crippen MR) is 130 cm³/mol. The van der Waals surface area contributed by atoms with Gasteiger partial charge in [0.15, 0.2) is 18.5 Å². The lowest BCUT2D eigenvalue weighted by atomic mass is 10.1. The highest BCUT2D eigenvalue weighted by Crippen LogP contribution is 2.45. The fraction of sp³-hybridized carbons (Fsp3) is 0.241. The highest BCUT2D eigenvalue weighted by atomic mass is 16.9. The number of rotatable bonds is 8. The molecule has 3 aromatic rings. The maximum Gasteiger partial charge on any atom is 0.338 e. The van der Waals surface area contributed by atoms with Gasteiger partial charge in [-0.25, -0.2) is 9.59 Å². The van der Waals surface area contributed by atoms with Crippen LogP contribution in [0.15, 0.2) is 91.0 Å². The Morgan fingerprint density at radius 1 is 0.838 bits per heavy atom. The van der Waals surface area contributed by atoms with Gasteiger partial charge in [-0.3, -0.25) is 4.74 Å². The quantitative estimate of drug-likeness (QED) is 0.342. The van der Waals surface area contributed by atoms with E-state index < -0.39 is 42.5 Å². The van der Waals surface area contributed by atoms with Gasteiger partial charge in [0, 0.05) is 5.56 Å². The molecule has 5 atom stereocenters. The summed E-state index contributed by atoms with van der Waals surface area (Å²) in [5.41, 5.74) is 1.29. The molecule has 188 valence electrons. The van der Waals surface area contributed by atoms with Crippen LogP contribution < -0.4 is 0 Å². The van der Waals surface area contributed by atoms with Crippen LogP contribution in [-0.4, -0.2) is 49.8 Å². The van der Waals surface area contributed by atoms with E-state index in [1.165, 1.54) is 0 Å². The van der Waals surface area contributed by atoms with E-state index in [2.05, 4.69) is 5.92 Å². The SMILES string of the molecule is C#CCOC1(c2ccccc2)O[C@@H]2O[C@H](COC(=O)c3ccccc3)[C@@H](OC(=O)c3ccccc3)[C@@H]2O1. The summed E-state index contributed by atoms with van der Waals surface area (Å²) in [6, 6.07) is 26.0. The zero-order chi connectivity index (χ0) is 25.7. The lowest BCUT2D eigenvalue weighted by Gasteiger charge is -2.30. The van der Waals surface area contributed by atoms with Crippen molar-refractivity contribution in [2.45, 2.75) is 30.6 Å². The minimum atomic E-state index is -1.66. The van der Waals surface area contributed by atoms with Gasteiger partial charge in [0.2, 0.25) is 0 Å². The van der Waals surface area contributed by atoms with Crippen LogP contribution in [0.3, 0.4) is 0 Å². The number of carbonyl (C=O) groups is 2. The lowest BCUT2D eigenvalue weighted by molar-refractivity contribution is -0.372. The minimum Gasteiger partial charge on any atom is -0.459 e. The molecular formula is C29H24O8. The summed E-state index contributed by atoms with van der Waals surface area (Å²) in [5, 5.41) is 0. The van der Waals surface area contributed by atoms with E-state index in [9.17, 15) is 9.59 Å². The molecule has 37 heavy (non-hydrogen) atoms. The molecule has 5 rings (SSSR count). The number of fused-ring (bicyclic) bond motifs is 1. The molecule has 2 heterocycles. The molecule has 3 aromatic carbocycles. The number of hydrogen-bond donors (Lipinski definition) is 0. The van der Waals surface area contributed by atoms with E-state index in [4.69, 9.17) is 34.8 Å². The van der Waals surface area contributed by atoms with Crippen molar-refractivity contribution in [3.63, 3.8) is 0 Å². The first-order valence-electron chi connectivity index (χ1n) is 11.7. The third-order valence-electron chi connectivity index (χ3n) is 5.94. The maximum atomic E-state index is 13.0. The Bertz CT molecular complexity index is 1260. The standard InChI is InChI=1S/C29H24O8/c1-2-18-33-29(22-16-10-5-11-17-22)36-25-24(35-27(31)21-14-8-4-9-15-21)23(34-28(25)37-29)19-32-26(30)20-12-6-3-7-13-20/h1,3-17,23-25,28H,18-19H2/t23-,24-,25+,28+,29?/m1/s1. The largest absolute Gasteiger partial charge is 0.459 e. The van der Waals surface area contributed by atoms with Crippen molar-refractivity contribution in [1.82, 2.24) is 0 Å². The van der Waals surface area contributed by atoms with Crippen molar-refractivity contribution in [2.24, 2.45) is 0 Å². The molecule has 0 aromatic heterocycles. The summed E-state index contributed by atoms with van der Waals surface area (Å²) >= 11 is 0. The molecule has 0 spiro atoms. The third kappa shape index (κ3) is 5.26. The molecule has 1 unspecified atom stereocenters. The first kappa shape index (κ1) is 24.7.